The average Bonchev–Trinajstić information content (AvgIpc) is 3.58. The maximum atomic E-state index is 12.5. The Morgan fingerprint density at radius 3 is 2.76 bits per heavy atom. The van der Waals surface area contributed by atoms with Crippen molar-refractivity contribution in [2.45, 2.75) is 18.6 Å². The van der Waals surface area contributed by atoms with Gasteiger partial charge in [0.25, 0.3) is 5.91 Å². The van der Waals surface area contributed by atoms with Crippen molar-refractivity contribution in [1.82, 2.24) is 34.8 Å². The fourth-order valence-electron chi connectivity index (χ4n) is 3.72. The first kappa shape index (κ1) is 21.6. The highest BCUT2D eigenvalue weighted by atomic mass is 19.1. The third kappa shape index (κ3) is 3.99. The number of likely N-dealkylation sites (tertiary alicyclic amines) is 1. The van der Waals surface area contributed by atoms with Crippen LogP contribution in [0.3, 0.4) is 0 Å². The van der Waals surface area contributed by atoms with Crippen LogP contribution in [0.5, 0.6) is 0 Å². The fourth-order valence-corrected chi connectivity index (χ4v) is 3.72. The van der Waals surface area contributed by atoms with Crippen LogP contribution >= 0.6 is 0 Å². The molecule has 0 spiro atoms. The van der Waals surface area contributed by atoms with Crippen molar-refractivity contribution >= 4 is 17.5 Å². The zero-order chi connectivity index (χ0) is 23.7. The highest BCUT2D eigenvalue weighted by Gasteiger charge is 2.48. The van der Waals surface area contributed by atoms with Gasteiger partial charge in [0, 0.05) is 38.5 Å². The number of nitrogens with zero attached hydrogens (tertiary/aromatic N) is 7. The Kier molecular flexibility index (Phi) is 5.49. The Morgan fingerprint density at radius 2 is 2.00 bits per heavy atom. The lowest BCUT2D eigenvalue weighted by Gasteiger charge is -2.16. The van der Waals surface area contributed by atoms with Gasteiger partial charge in [0.2, 0.25) is 11.5 Å². The molecule has 1 fully saturated rings. The van der Waals surface area contributed by atoms with Crippen LogP contribution in [-0.4, -0.2) is 66.1 Å². The molecular weight excluding hydrogens is 443 g/mol. The van der Waals surface area contributed by atoms with Crippen LogP contribution in [0.1, 0.15) is 12.2 Å². The van der Waals surface area contributed by atoms with Crippen LogP contribution in [-0.2, 0) is 16.9 Å². The molecule has 12 heteroatoms. The quantitative estimate of drug-likeness (QED) is 0.422. The Hall–Kier alpha value is -4.19. The lowest BCUT2D eigenvalue weighted by Crippen LogP contribution is -2.35. The number of hydrogen-bond donors (Lipinski definition) is 2. The molecule has 0 radical (unpaired) electrons. The minimum absolute atomic E-state index is 0.0888. The third-order valence-electron chi connectivity index (χ3n) is 5.56. The molecule has 1 saturated heterocycles. The molecule has 1 amide bonds. The van der Waals surface area contributed by atoms with Gasteiger partial charge in [-0.2, -0.15) is 5.10 Å². The summed E-state index contributed by atoms with van der Waals surface area (Å²) in [7, 11) is 1.63. The third-order valence-corrected chi connectivity index (χ3v) is 5.56. The molecule has 5 heterocycles. The Morgan fingerprint density at radius 1 is 1.21 bits per heavy atom. The van der Waals surface area contributed by atoms with Crippen molar-refractivity contribution in [3.05, 3.63) is 54.7 Å². The van der Waals surface area contributed by atoms with Gasteiger partial charge in [-0.3, -0.25) is 9.48 Å². The summed E-state index contributed by atoms with van der Waals surface area (Å²) in [5, 5.41) is 21.9. The summed E-state index contributed by atoms with van der Waals surface area (Å²) in [6.45, 7) is 0.0971. The second-order valence-corrected chi connectivity index (χ2v) is 7.89. The molecule has 0 aromatic carbocycles. The van der Waals surface area contributed by atoms with Gasteiger partial charge in [-0.05, 0) is 18.2 Å². The number of rotatable bonds is 7. The first-order valence-corrected chi connectivity index (χ1v) is 10.6. The van der Waals surface area contributed by atoms with E-state index in [4.69, 9.17) is 4.52 Å². The maximum Gasteiger partial charge on any atom is 0.262 e. The van der Waals surface area contributed by atoms with Crippen molar-refractivity contribution < 1.29 is 18.8 Å². The number of hydrogen-bond acceptors (Lipinski definition) is 9. The number of aliphatic hydroxyl groups is 1. The number of aromatic nitrogens is 6. The summed E-state index contributed by atoms with van der Waals surface area (Å²) in [6, 6.07) is 8.58. The number of carbonyl (C=O) groups is 1. The van der Waals surface area contributed by atoms with Gasteiger partial charge < -0.3 is 19.8 Å². The number of pyridine rings is 1. The Balaban J connectivity index is 1.38. The molecule has 1 unspecified atom stereocenters. The molecule has 34 heavy (non-hydrogen) atoms. The number of carbonyl (C=O) groups excluding carboxylic acids is 1. The standard InChI is InChI=1S/C22H21FN8O3/c1-30-9-6-22(33,20(30)32)19-11-18(29-34-19)16-4-2-3-15(27-16)17-5-8-24-21(28-17)26-14-12-25-31(13-14)10-7-23/h2-5,8,11-13,33H,6-7,9-10H2,1H3,(H,24,26,28). The fraction of sp³-hybridized carbons (Fsp3) is 0.273. The predicted molar refractivity (Wildman–Crippen MR) is 118 cm³/mol. The van der Waals surface area contributed by atoms with Crippen molar-refractivity contribution in [3.8, 4) is 22.8 Å². The monoisotopic (exact) mass is 464 g/mol. The van der Waals surface area contributed by atoms with E-state index in [2.05, 4.69) is 30.5 Å². The Bertz CT molecular complexity index is 1340. The van der Waals surface area contributed by atoms with E-state index in [1.54, 1.807) is 49.9 Å². The SMILES string of the molecule is CN1CCC(O)(c2cc(-c3cccc(-c4ccnc(Nc5cnn(CCF)c5)n4)n3)no2)C1=O. The molecule has 11 nitrogen and oxygen atoms in total. The van der Waals surface area contributed by atoms with Gasteiger partial charge in [-0.15, -0.1) is 0 Å². The van der Waals surface area contributed by atoms with Gasteiger partial charge >= 0.3 is 0 Å². The highest BCUT2D eigenvalue weighted by molar-refractivity contribution is 5.87. The molecule has 5 rings (SSSR count). The number of anilines is 2. The molecule has 0 bridgehead atoms. The van der Waals surface area contributed by atoms with Crippen LogP contribution in [0, 0.1) is 0 Å². The van der Waals surface area contributed by atoms with E-state index in [0.29, 0.717) is 41.0 Å². The number of halogens is 1. The van der Waals surface area contributed by atoms with Crippen LogP contribution in [0.15, 0.2) is 53.4 Å². The van der Waals surface area contributed by atoms with E-state index in [9.17, 15) is 14.3 Å². The molecule has 1 aliphatic rings. The molecule has 174 valence electrons. The smallest absolute Gasteiger partial charge is 0.262 e. The van der Waals surface area contributed by atoms with Crippen molar-refractivity contribution in [2.75, 3.05) is 25.6 Å². The van der Waals surface area contributed by atoms with Gasteiger partial charge in [0.1, 0.15) is 12.4 Å². The number of aryl methyl sites for hydroxylation is 1. The number of amides is 1. The zero-order valence-electron chi connectivity index (χ0n) is 18.2. The van der Waals surface area contributed by atoms with Crippen LogP contribution in [0.2, 0.25) is 0 Å². The lowest BCUT2D eigenvalue weighted by atomic mass is 9.98. The van der Waals surface area contributed by atoms with E-state index < -0.39 is 18.2 Å². The molecule has 1 atom stereocenters. The van der Waals surface area contributed by atoms with E-state index in [0.717, 1.165) is 0 Å². The lowest BCUT2D eigenvalue weighted by molar-refractivity contribution is -0.144. The number of nitrogens with one attached hydrogen (secondary N) is 1. The summed E-state index contributed by atoms with van der Waals surface area (Å²) in [4.78, 5) is 27.1. The van der Waals surface area contributed by atoms with Crippen LogP contribution in [0.4, 0.5) is 16.0 Å². The largest absolute Gasteiger partial charge is 0.373 e. The summed E-state index contributed by atoms with van der Waals surface area (Å²) < 4.78 is 19.3. The molecule has 0 saturated carbocycles. The molecule has 2 N–H and O–H groups in total. The Labute approximate surface area is 193 Å². The average molecular weight is 464 g/mol. The topological polar surface area (TPSA) is 135 Å². The summed E-state index contributed by atoms with van der Waals surface area (Å²) in [6.07, 6.45) is 5.05. The predicted octanol–water partition coefficient (Wildman–Crippen LogP) is 2.15. The second-order valence-electron chi connectivity index (χ2n) is 7.89. The second kappa shape index (κ2) is 8.63. The van der Waals surface area contributed by atoms with E-state index in [1.165, 1.54) is 15.6 Å². The van der Waals surface area contributed by atoms with Gasteiger partial charge in [0.15, 0.2) is 5.76 Å². The van der Waals surface area contributed by atoms with Crippen molar-refractivity contribution in [3.63, 3.8) is 0 Å². The first-order valence-electron chi connectivity index (χ1n) is 10.6. The van der Waals surface area contributed by atoms with Gasteiger partial charge in [-0.1, -0.05) is 11.2 Å². The van der Waals surface area contributed by atoms with E-state index >= 15 is 0 Å². The number of alkyl halides is 1. The normalized spacial score (nSPS) is 18.0. The van der Waals surface area contributed by atoms with Crippen molar-refractivity contribution in [1.29, 1.82) is 0 Å². The summed E-state index contributed by atoms with van der Waals surface area (Å²) in [5.74, 6) is -0.00152. The summed E-state index contributed by atoms with van der Waals surface area (Å²) >= 11 is 0. The van der Waals surface area contributed by atoms with E-state index in [1.807, 2.05) is 0 Å². The molecule has 4 aromatic heterocycles. The molecule has 1 aliphatic heterocycles. The highest BCUT2D eigenvalue weighted by Crippen LogP contribution is 2.34. The van der Waals surface area contributed by atoms with Gasteiger partial charge in [0.05, 0.1) is 35.5 Å². The van der Waals surface area contributed by atoms with Crippen molar-refractivity contribution in [2.24, 2.45) is 0 Å². The minimum Gasteiger partial charge on any atom is -0.373 e. The molecular formula is C22H21FN8O3. The zero-order valence-corrected chi connectivity index (χ0v) is 18.2. The first-order chi connectivity index (χ1) is 16.5. The number of likely N-dealkylation sites (N-methyl/N-ethyl adjacent to an activating group) is 1. The maximum absolute atomic E-state index is 12.5. The summed E-state index contributed by atoms with van der Waals surface area (Å²) in [5.41, 5.74) is 0.924. The van der Waals surface area contributed by atoms with Crippen LogP contribution < -0.4 is 5.32 Å². The van der Waals surface area contributed by atoms with E-state index in [-0.39, 0.29) is 18.7 Å². The van der Waals surface area contributed by atoms with Gasteiger partial charge in [-0.25, -0.2) is 19.3 Å². The molecule has 0 aliphatic carbocycles. The minimum atomic E-state index is -1.72. The van der Waals surface area contributed by atoms with Crippen LogP contribution in [0.25, 0.3) is 22.8 Å². The molecule has 4 aromatic rings.